The van der Waals surface area contributed by atoms with E-state index in [0.717, 1.165) is 29.8 Å². The van der Waals surface area contributed by atoms with E-state index < -0.39 is 0 Å². The maximum Gasteiger partial charge on any atom is 0.251 e. The fourth-order valence-electron chi connectivity index (χ4n) is 3.60. The summed E-state index contributed by atoms with van der Waals surface area (Å²) in [6.45, 7) is 3.59. The van der Waals surface area contributed by atoms with Gasteiger partial charge in [0.1, 0.15) is 5.82 Å². The van der Waals surface area contributed by atoms with Crippen LogP contribution in [0.2, 0.25) is 5.02 Å². The second-order valence-corrected chi connectivity index (χ2v) is 7.92. The topological polar surface area (TPSA) is 46.9 Å². The summed E-state index contributed by atoms with van der Waals surface area (Å²) in [4.78, 5) is 17.2. The van der Waals surface area contributed by atoms with Gasteiger partial charge < -0.3 is 9.88 Å². The predicted molar refractivity (Wildman–Crippen MR) is 120 cm³/mol. The van der Waals surface area contributed by atoms with Gasteiger partial charge in [-0.1, -0.05) is 69.2 Å². The van der Waals surface area contributed by atoms with Crippen molar-refractivity contribution in [3.63, 3.8) is 0 Å². The van der Waals surface area contributed by atoms with Crippen LogP contribution in [-0.2, 0) is 13.1 Å². The Labute approximate surface area is 178 Å². The van der Waals surface area contributed by atoms with Gasteiger partial charge in [0, 0.05) is 17.1 Å². The first-order chi connectivity index (χ1) is 14.2. The number of hydrogen-bond acceptors (Lipinski definition) is 2. The van der Waals surface area contributed by atoms with Crippen molar-refractivity contribution in [1.29, 1.82) is 0 Å². The molecule has 29 heavy (non-hydrogen) atoms. The van der Waals surface area contributed by atoms with Crippen molar-refractivity contribution in [1.82, 2.24) is 14.9 Å². The molecule has 1 N–H and O–H groups in total. The molecule has 0 fully saturated rings. The van der Waals surface area contributed by atoms with Crippen molar-refractivity contribution < 1.29 is 4.79 Å². The molecule has 3 aromatic rings. The summed E-state index contributed by atoms with van der Waals surface area (Å²) >= 11 is 5.91. The molecule has 0 aliphatic rings. The number of hydrogen-bond donors (Lipinski definition) is 1. The Bertz CT molecular complexity index is 918. The fourth-order valence-corrected chi connectivity index (χ4v) is 3.73. The van der Waals surface area contributed by atoms with Gasteiger partial charge in [0.05, 0.1) is 17.6 Å². The SMILES string of the molecule is CCCCCCCCCn1c(CNC(=O)c2ccc(Cl)cc2)nc2ccccc21. The fraction of sp³-hybridized carbons (Fsp3) is 0.417. The first-order valence-electron chi connectivity index (χ1n) is 10.7. The highest BCUT2D eigenvalue weighted by atomic mass is 35.5. The summed E-state index contributed by atoms with van der Waals surface area (Å²) in [5.41, 5.74) is 2.71. The van der Waals surface area contributed by atoms with E-state index in [-0.39, 0.29) is 5.91 Å². The zero-order valence-corrected chi connectivity index (χ0v) is 17.9. The Hall–Kier alpha value is -2.33. The molecule has 1 amide bonds. The molecule has 5 heteroatoms. The Morgan fingerprint density at radius 2 is 1.66 bits per heavy atom. The number of fused-ring (bicyclic) bond motifs is 1. The van der Waals surface area contributed by atoms with Crippen molar-refractivity contribution in [2.45, 2.75) is 65.0 Å². The molecule has 4 nitrogen and oxygen atoms in total. The minimum absolute atomic E-state index is 0.115. The first kappa shape index (κ1) is 21.4. The van der Waals surface area contributed by atoms with Crippen molar-refractivity contribution in [3.8, 4) is 0 Å². The number of rotatable bonds is 11. The average molecular weight is 412 g/mol. The Morgan fingerprint density at radius 1 is 0.966 bits per heavy atom. The van der Waals surface area contributed by atoms with Crippen molar-refractivity contribution in [2.75, 3.05) is 0 Å². The third-order valence-electron chi connectivity index (χ3n) is 5.23. The maximum atomic E-state index is 12.5. The number of para-hydroxylation sites is 2. The molecular formula is C24H30ClN3O. The summed E-state index contributed by atoms with van der Waals surface area (Å²) in [6, 6.07) is 15.1. The van der Waals surface area contributed by atoms with Crippen LogP contribution in [0.5, 0.6) is 0 Å². The van der Waals surface area contributed by atoms with E-state index in [1.165, 1.54) is 38.5 Å². The molecule has 1 heterocycles. The van der Waals surface area contributed by atoms with Crippen LogP contribution < -0.4 is 5.32 Å². The number of halogens is 1. The van der Waals surface area contributed by atoms with Crippen molar-refractivity contribution in [2.24, 2.45) is 0 Å². The number of unbranched alkanes of at least 4 members (excludes halogenated alkanes) is 6. The molecule has 2 aromatic carbocycles. The lowest BCUT2D eigenvalue weighted by molar-refractivity contribution is 0.0949. The van der Waals surface area contributed by atoms with Crippen LogP contribution in [0.1, 0.15) is 68.1 Å². The molecule has 0 bridgehead atoms. The third-order valence-corrected chi connectivity index (χ3v) is 5.48. The van der Waals surface area contributed by atoms with Gasteiger partial charge in [-0.15, -0.1) is 0 Å². The van der Waals surface area contributed by atoms with Crippen LogP contribution in [0.15, 0.2) is 48.5 Å². The number of nitrogens with zero attached hydrogens (tertiary/aromatic N) is 2. The van der Waals surface area contributed by atoms with Gasteiger partial charge in [0.2, 0.25) is 0 Å². The molecule has 0 saturated heterocycles. The zero-order chi connectivity index (χ0) is 20.5. The lowest BCUT2D eigenvalue weighted by Crippen LogP contribution is -2.24. The van der Waals surface area contributed by atoms with E-state index in [4.69, 9.17) is 16.6 Å². The molecule has 0 unspecified atom stereocenters. The molecule has 0 radical (unpaired) electrons. The van der Waals surface area contributed by atoms with Crippen LogP contribution in [0.4, 0.5) is 0 Å². The van der Waals surface area contributed by atoms with Crippen LogP contribution in [0.25, 0.3) is 11.0 Å². The van der Waals surface area contributed by atoms with Crippen LogP contribution >= 0.6 is 11.6 Å². The highest BCUT2D eigenvalue weighted by Crippen LogP contribution is 2.18. The van der Waals surface area contributed by atoms with Gasteiger partial charge in [-0.05, 0) is 42.8 Å². The predicted octanol–water partition coefficient (Wildman–Crippen LogP) is 6.37. The summed E-state index contributed by atoms with van der Waals surface area (Å²) in [5, 5.41) is 3.62. The molecule has 0 aliphatic heterocycles. The molecule has 1 aromatic heterocycles. The van der Waals surface area contributed by atoms with Gasteiger partial charge in [-0.3, -0.25) is 4.79 Å². The van der Waals surface area contributed by atoms with E-state index in [9.17, 15) is 4.79 Å². The zero-order valence-electron chi connectivity index (χ0n) is 17.2. The second kappa shape index (κ2) is 11.0. The Balaban J connectivity index is 1.61. The van der Waals surface area contributed by atoms with E-state index in [0.29, 0.717) is 17.1 Å². The number of carbonyl (C=O) groups excluding carboxylic acids is 1. The summed E-state index contributed by atoms with van der Waals surface area (Å²) in [5.74, 6) is 0.788. The number of aromatic nitrogens is 2. The lowest BCUT2D eigenvalue weighted by atomic mass is 10.1. The lowest BCUT2D eigenvalue weighted by Gasteiger charge is -2.10. The third kappa shape index (κ3) is 6.07. The summed E-state index contributed by atoms with van der Waals surface area (Å²) in [6.07, 6.45) is 8.93. The van der Waals surface area contributed by atoms with Crippen molar-refractivity contribution >= 4 is 28.5 Å². The number of imidazole rings is 1. The van der Waals surface area contributed by atoms with E-state index in [1.54, 1.807) is 24.3 Å². The maximum absolute atomic E-state index is 12.5. The molecule has 0 spiro atoms. The van der Waals surface area contributed by atoms with E-state index >= 15 is 0 Å². The van der Waals surface area contributed by atoms with Crippen LogP contribution in [0.3, 0.4) is 0 Å². The van der Waals surface area contributed by atoms with Gasteiger partial charge in [0.15, 0.2) is 0 Å². The smallest absolute Gasteiger partial charge is 0.251 e. The first-order valence-corrected chi connectivity index (χ1v) is 11.0. The van der Waals surface area contributed by atoms with E-state index in [1.807, 2.05) is 18.2 Å². The van der Waals surface area contributed by atoms with Gasteiger partial charge in [-0.25, -0.2) is 4.98 Å². The summed E-state index contributed by atoms with van der Waals surface area (Å²) in [7, 11) is 0. The molecular weight excluding hydrogens is 382 g/mol. The van der Waals surface area contributed by atoms with Crippen LogP contribution in [0, 0.1) is 0 Å². The normalized spacial score (nSPS) is 11.1. The molecule has 3 rings (SSSR count). The standard InChI is InChI=1S/C24H30ClN3O/c1-2-3-4-5-6-7-10-17-28-22-12-9-8-11-21(22)27-23(28)18-26-24(29)19-13-15-20(25)16-14-19/h8-9,11-16H,2-7,10,17-18H2,1H3,(H,26,29). The number of benzene rings is 2. The van der Waals surface area contributed by atoms with Crippen LogP contribution in [-0.4, -0.2) is 15.5 Å². The second-order valence-electron chi connectivity index (χ2n) is 7.48. The molecule has 0 aliphatic carbocycles. The largest absolute Gasteiger partial charge is 0.345 e. The Kier molecular flexibility index (Phi) is 8.12. The van der Waals surface area contributed by atoms with Gasteiger partial charge >= 0.3 is 0 Å². The number of aryl methyl sites for hydroxylation is 1. The average Bonchev–Trinajstić information content (AvgIpc) is 3.09. The quantitative estimate of drug-likeness (QED) is 0.372. The number of nitrogens with one attached hydrogen (secondary N) is 1. The Morgan fingerprint density at radius 3 is 2.41 bits per heavy atom. The van der Waals surface area contributed by atoms with E-state index in [2.05, 4.69) is 22.9 Å². The number of amides is 1. The molecule has 0 atom stereocenters. The molecule has 0 saturated carbocycles. The minimum atomic E-state index is -0.115. The van der Waals surface area contributed by atoms with Gasteiger partial charge in [-0.2, -0.15) is 0 Å². The highest BCUT2D eigenvalue weighted by molar-refractivity contribution is 6.30. The molecule has 154 valence electrons. The number of carbonyl (C=O) groups is 1. The van der Waals surface area contributed by atoms with Gasteiger partial charge in [0.25, 0.3) is 5.91 Å². The summed E-state index contributed by atoms with van der Waals surface area (Å²) < 4.78 is 2.25. The minimum Gasteiger partial charge on any atom is -0.345 e. The van der Waals surface area contributed by atoms with Crippen molar-refractivity contribution in [3.05, 3.63) is 64.9 Å². The monoisotopic (exact) mass is 411 g/mol. The highest BCUT2D eigenvalue weighted by Gasteiger charge is 2.12.